The quantitative estimate of drug-likeness (QED) is 0.0254. The lowest BCUT2D eigenvalue weighted by atomic mass is 9.78. The molecule has 22 heteroatoms. The van der Waals surface area contributed by atoms with Crippen LogP contribution in [0.15, 0.2) is 0 Å². The molecule has 0 radical (unpaired) electrons. The first-order valence-electron chi connectivity index (χ1n) is 26.6. The maximum absolute atomic E-state index is 13.9. The van der Waals surface area contributed by atoms with E-state index in [1.54, 1.807) is 21.0 Å². The maximum atomic E-state index is 13.9. The molecule has 0 rings (SSSR count). The Bertz CT molecular complexity index is 1300. The van der Waals surface area contributed by atoms with Crippen molar-refractivity contribution in [2.75, 3.05) is 180 Å². The topological polar surface area (TPSA) is 236 Å². The van der Waals surface area contributed by atoms with E-state index in [9.17, 15) is 24.3 Å². The number of methoxy groups -OCH3 is 3. The third-order valence-electron chi connectivity index (χ3n) is 11.1. The fourth-order valence-electron chi connectivity index (χ4n) is 6.96. The Morgan fingerprint density at radius 2 is 0.811 bits per heavy atom. The molecule has 3 unspecified atom stereocenters. The molecule has 0 spiro atoms. The van der Waals surface area contributed by atoms with E-state index in [1.807, 2.05) is 0 Å². The molecule has 0 bridgehead atoms. The lowest BCUT2D eigenvalue weighted by molar-refractivity contribution is -0.163. The number of unbranched alkanes of at least 4 members (excludes halogenated alkanes) is 9. The molecule has 438 valence electrons. The fourth-order valence-corrected chi connectivity index (χ4v) is 7.54. The highest BCUT2D eigenvalue weighted by molar-refractivity contribution is 9.10. The summed E-state index contributed by atoms with van der Waals surface area (Å²) in [7, 11) is 4.60. The molecule has 0 heterocycles. The van der Waals surface area contributed by atoms with Gasteiger partial charge in [-0.15, -0.1) is 0 Å². The second kappa shape index (κ2) is 52.9. The number of ether oxygens (including phenoxy) is 16. The summed E-state index contributed by atoms with van der Waals surface area (Å²) in [6.45, 7) is 12.2. The summed E-state index contributed by atoms with van der Waals surface area (Å²) in [6.07, 6.45) is 10.4. The van der Waals surface area contributed by atoms with E-state index in [4.69, 9.17) is 75.8 Å². The zero-order valence-corrected chi connectivity index (χ0v) is 47.5. The van der Waals surface area contributed by atoms with Crippen LogP contribution in [0, 0.1) is 17.3 Å². The van der Waals surface area contributed by atoms with E-state index in [0.717, 1.165) is 19.3 Å². The highest BCUT2D eigenvalue weighted by Gasteiger charge is 2.39. The maximum Gasteiger partial charge on any atom is 0.319 e. The summed E-state index contributed by atoms with van der Waals surface area (Å²) in [5, 5.41) is 9.20. The van der Waals surface area contributed by atoms with Gasteiger partial charge in [0.2, 0.25) is 0 Å². The zero-order chi connectivity index (χ0) is 54.6. The van der Waals surface area contributed by atoms with Crippen LogP contribution in [0.4, 0.5) is 0 Å². The number of carbonyl (C=O) groups excluding carboxylic acids is 4. The standard InChI is InChI=1S/C52H97BrO21/c1-7-8-9-10-11-12-13-14-15-16-18-71-48(55)44(41-46(53)50(57)72-19-17-54)40-45(42-52(2,3)51(58)74-39-37-70-43-47(60-5)61-6)49(56)73-38-36-69-35-34-68-33-32-67-31-30-66-29-28-65-27-26-64-25-24-63-23-22-62-21-20-59-4/h44-47,54H,7-43H2,1-6H3. The molecule has 0 aromatic heterocycles. The second-order valence-corrected chi connectivity index (χ2v) is 18.9. The molecule has 0 aromatic rings. The first-order chi connectivity index (χ1) is 36.0. The van der Waals surface area contributed by atoms with E-state index >= 15 is 0 Å². The summed E-state index contributed by atoms with van der Waals surface area (Å²) in [5.74, 6) is -4.46. The Morgan fingerprint density at radius 3 is 1.26 bits per heavy atom. The van der Waals surface area contributed by atoms with Crippen molar-refractivity contribution in [3.05, 3.63) is 0 Å². The molecule has 0 saturated carbocycles. The number of halogens is 1. The van der Waals surface area contributed by atoms with Crippen molar-refractivity contribution in [3.63, 3.8) is 0 Å². The predicted octanol–water partition coefficient (Wildman–Crippen LogP) is 5.68. The normalized spacial score (nSPS) is 13.0. The molecule has 0 aliphatic heterocycles. The van der Waals surface area contributed by atoms with Crippen molar-refractivity contribution in [1.82, 2.24) is 0 Å². The van der Waals surface area contributed by atoms with Gasteiger partial charge < -0.3 is 80.9 Å². The summed E-state index contributed by atoms with van der Waals surface area (Å²) < 4.78 is 86.6. The Morgan fingerprint density at radius 1 is 0.432 bits per heavy atom. The van der Waals surface area contributed by atoms with Crippen LogP contribution in [0.5, 0.6) is 0 Å². The minimum atomic E-state index is -1.21. The first-order valence-corrected chi connectivity index (χ1v) is 27.5. The molecule has 0 aliphatic rings. The number of esters is 4. The van der Waals surface area contributed by atoms with Crippen molar-refractivity contribution in [3.8, 4) is 0 Å². The van der Waals surface area contributed by atoms with Crippen LogP contribution < -0.4 is 0 Å². The van der Waals surface area contributed by atoms with Gasteiger partial charge in [0, 0.05) is 21.3 Å². The first kappa shape index (κ1) is 71.8. The van der Waals surface area contributed by atoms with Gasteiger partial charge in [0.15, 0.2) is 6.29 Å². The van der Waals surface area contributed by atoms with Crippen molar-refractivity contribution < 1.29 is 100 Å². The van der Waals surface area contributed by atoms with Crippen LogP contribution in [0.25, 0.3) is 0 Å². The molecular formula is C52H97BrO21. The predicted molar refractivity (Wildman–Crippen MR) is 277 cm³/mol. The number of aliphatic hydroxyl groups is 1. The average molecular weight is 1140 g/mol. The summed E-state index contributed by atoms with van der Waals surface area (Å²) in [6, 6.07) is 0. The average Bonchev–Trinajstić information content (AvgIpc) is 3.39. The van der Waals surface area contributed by atoms with E-state index in [0.29, 0.717) is 98.9 Å². The molecule has 0 amide bonds. The number of hydrogen-bond donors (Lipinski definition) is 1. The van der Waals surface area contributed by atoms with Crippen LogP contribution in [0.1, 0.15) is 104 Å². The SMILES string of the molecule is CCCCCCCCCCCCOC(=O)C(CC(Br)C(=O)OCCO)CC(CC(C)(C)C(=O)OCCOCC(OC)OC)C(=O)OCCOCCOCCOCCOCCOCCOCCOCCOCCOC. The fraction of sp³-hybridized carbons (Fsp3) is 0.923. The van der Waals surface area contributed by atoms with Crippen LogP contribution in [0.2, 0.25) is 0 Å². The van der Waals surface area contributed by atoms with Gasteiger partial charge in [0.25, 0.3) is 0 Å². The Balaban J connectivity index is 5.00. The third kappa shape index (κ3) is 43.9. The summed E-state index contributed by atoms with van der Waals surface area (Å²) >= 11 is 3.34. The molecular weight excluding hydrogens is 1040 g/mol. The molecule has 0 aromatic carbocycles. The number of aliphatic hydroxyl groups excluding tert-OH is 1. The monoisotopic (exact) mass is 1140 g/mol. The minimum Gasteiger partial charge on any atom is -0.465 e. The van der Waals surface area contributed by atoms with Gasteiger partial charge in [-0.25, -0.2) is 0 Å². The van der Waals surface area contributed by atoms with Gasteiger partial charge in [-0.3, -0.25) is 19.2 Å². The van der Waals surface area contributed by atoms with E-state index in [-0.39, 0.29) is 85.3 Å². The Labute approximate surface area is 450 Å². The second-order valence-electron chi connectivity index (χ2n) is 17.8. The molecule has 74 heavy (non-hydrogen) atoms. The van der Waals surface area contributed by atoms with Crippen LogP contribution >= 0.6 is 15.9 Å². The van der Waals surface area contributed by atoms with Gasteiger partial charge in [-0.1, -0.05) is 80.6 Å². The van der Waals surface area contributed by atoms with E-state index in [2.05, 4.69) is 22.9 Å². The smallest absolute Gasteiger partial charge is 0.319 e. The van der Waals surface area contributed by atoms with Gasteiger partial charge in [-0.05, 0) is 39.5 Å². The van der Waals surface area contributed by atoms with Crippen LogP contribution in [-0.4, -0.2) is 220 Å². The largest absolute Gasteiger partial charge is 0.465 e. The van der Waals surface area contributed by atoms with Gasteiger partial charge in [-0.2, -0.15) is 0 Å². The van der Waals surface area contributed by atoms with E-state index in [1.165, 1.54) is 52.7 Å². The zero-order valence-electron chi connectivity index (χ0n) is 46.0. The number of hydrogen-bond acceptors (Lipinski definition) is 21. The number of carbonyl (C=O) groups is 4. The molecule has 1 N–H and O–H groups in total. The third-order valence-corrected chi connectivity index (χ3v) is 11.9. The molecule has 0 saturated heterocycles. The van der Waals surface area contributed by atoms with Crippen molar-refractivity contribution >= 4 is 39.8 Å². The molecule has 0 aliphatic carbocycles. The Kier molecular flexibility index (Phi) is 51.3. The molecule has 3 atom stereocenters. The van der Waals surface area contributed by atoms with Gasteiger partial charge in [0.1, 0.15) is 24.6 Å². The van der Waals surface area contributed by atoms with Crippen LogP contribution in [0.3, 0.4) is 0 Å². The van der Waals surface area contributed by atoms with Crippen LogP contribution in [-0.2, 0) is 95.0 Å². The summed E-state index contributed by atoms with van der Waals surface area (Å²) in [4.78, 5) is 52.8. The lowest BCUT2D eigenvalue weighted by Gasteiger charge is -2.29. The van der Waals surface area contributed by atoms with Crippen molar-refractivity contribution in [2.24, 2.45) is 17.3 Å². The van der Waals surface area contributed by atoms with E-state index < -0.39 is 52.2 Å². The van der Waals surface area contributed by atoms with Crippen molar-refractivity contribution in [2.45, 2.75) is 115 Å². The van der Waals surface area contributed by atoms with Crippen molar-refractivity contribution in [1.29, 1.82) is 0 Å². The summed E-state index contributed by atoms with van der Waals surface area (Å²) in [5.41, 5.74) is -1.21. The highest BCUT2D eigenvalue weighted by atomic mass is 79.9. The van der Waals surface area contributed by atoms with Gasteiger partial charge in [0.05, 0.1) is 156 Å². The Hall–Kier alpha value is -2.16. The highest BCUT2D eigenvalue weighted by Crippen LogP contribution is 2.34. The number of rotatable bonds is 57. The molecule has 21 nitrogen and oxygen atoms in total. The van der Waals surface area contributed by atoms with Gasteiger partial charge >= 0.3 is 23.9 Å². The number of alkyl halides is 1. The molecule has 0 fully saturated rings. The lowest BCUT2D eigenvalue weighted by Crippen LogP contribution is -2.36. The minimum absolute atomic E-state index is 0.0517.